The quantitative estimate of drug-likeness (QED) is 0.610. The summed E-state index contributed by atoms with van der Waals surface area (Å²) in [4.78, 5) is 43.3. The third-order valence-corrected chi connectivity index (χ3v) is 7.38. The Hall–Kier alpha value is -3.24. The number of urea groups is 1. The number of benzene rings is 1. The van der Waals surface area contributed by atoms with E-state index in [1.54, 1.807) is 29.1 Å². The molecule has 0 bridgehead atoms. The Labute approximate surface area is 212 Å². The number of aromatic nitrogens is 2. The van der Waals surface area contributed by atoms with E-state index in [4.69, 9.17) is 0 Å². The van der Waals surface area contributed by atoms with Crippen LogP contribution in [0.25, 0.3) is 0 Å². The number of amides is 3. The summed E-state index contributed by atoms with van der Waals surface area (Å²) in [5.41, 5.74) is 3.45. The van der Waals surface area contributed by atoms with Crippen molar-refractivity contribution in [3.05, 3.63) is 53.5 Å². The summed E-state index contributed by atoms with van der Waals surface area (Å²) in [6, 6.07) is 8.40. The molecule has 1 atom stereocenters. The minimum Gasteiger partial charge on any atom is -0.390 e. The van der Waals surface area contributed by atoms with Crippen LogP contribution in [-0.4, -0.2) is 112 Å². The van der Waals surface area contributed by atoms with Gasteiger partial charge in [0, 0.05) is 72.4 Å². The molecule has 2 fully saturated rings. The number of rotatable bonds is 7. The Morgan fingerprint density at radius 3 is 2.42 bits per heavy atom. The van der Waals surface area contributed by atoms with Crippen molar-refractivity contribution in [1.29, 1.82) is 0 Å². The number of fused-ring (bicyclic) bond motifs is 1. The predicted octanol–water partition coefficient (Wildman–Crippen LogP) is 0.802. The maximum atomic E-state index is 12.9. The van der Waals surface area contributed by atoms with E-state index in [1.807, 2.05) is 4.90 Å². The largest absolute Gasteiger partial charge is 0.390 e. The molecule has 2 saturated heterocycles. The van der Waals surface area contributed by atoms with E-state index in [9.17, 15) is 14.7 Å². The normalized spacial score (nSPS) is 19.6. The van der Waals surface area contributed by atoms with Gasteiger partial charge < -0.3 is 24.7 Å². The topological polar surface area (TPSA) is 96.4 Å². The van der Waals surface area contributed by atoms with Gasteiger partial charge in [0.25, 0.3) is 0 Å². The number of piperazine rings is 1. The lowest BCUT2D eigenvalue weighted by atomic mass is 10.00. The van der Waals surface area contributed by atoms with Gasteiger partial charge in [-0.05, 0) is 17.5 Å². The second-order valence-corrected chi connectivity index (χ2v) is 9.92. The lowest BCUT2D eigenvalue weighted by molar-refractivity contribution is -0.129. The third-order valence-electron chi connectivity index (χ3n) is 7.38. The second-order valence-electron chi connectivity index (χ2n) is 9.92. The van der Waals surface area contributed by atoms with Gasteiger partial charge in [-0.3, -0.25) is 14.7 Å². The van der Waals surface area contributed by atoms with Crippen LogP contribution in [0.5, 0.6) is 0 Å². The average Bonchev–Trinajstić information content (AvgIpc) is 3.22. The highest BCUT2D eigenvalue weighted by Crippen LogP contribution is 2.20. The first-order chi connectivity index (χ1) is 17.5. The molecule has 5 rings (SSSR count). The highest BCUT2D eigenvalue weighted by atomic mass is 16.3. The molecule has 3 aliphatic heterocycles. The molecule has 2 aromatic rings. The molecule has 1 aromatic heterocycles. The summed E-state index contributed by atoms with van der Waals surface area (Å²) in [6.07, 6.45) is 3.89. The van der Waals surface area contributed by atoms with Crippen molar-refractivity contribution in [1.82, 2.24) is 29.6 Å². The first-order valence-electron chi connectivity index (χ1n) is 12.8. The van der Waals surface area contributed by atoms with E-state index < -0.39 is 6.10 Å². The van der Waals surface area contributed by atoms with Crippen LogP contribution in [0.2, 0.25) is 0 Å². The molecular formula is C26H35N7O3. The van der Waals surface area contributed by atoms with Crippen LogP contribution in [-0.2, 0) is 24.3 Å². The summed E-state index contributed by atoms with van der Waals surface area (Å²) < 4.78 is 0. The standard InChI is InChI=1S/C26H35N7O3/c1-20(34)30-8-10-31(11-9-30)25-15-27-23(14-28-25)17-32-12-13-33(26(32)36)19-24(35)18-29-7-6-21-4-2-3-5-22(21)16-29/h2-5,14-15,24,35H,6-13,16-19H2,1H3. The highest BCUT2D eigenvalue weighted by Gasteiger charge is 2.31. The van der Waals surface area contributed by atoms with Crippen LogP contribution in [0, 0.1) is 0 Å². The zero-order valence-corrected chi connectivity index (χ0v) is 20.9. The summed E-state index contributed by atoms with van der Waals surface area (Å²) in [6.45, 7) is 8.73. The maximum Gasteiger partial charge on any atom is 0.320 e. The van der Waals surface area contributed by atoms with Crippen molar-refractivity contribution >= 4 is 17.8 Å². The van der Waals surface area contributed by atoms with Gasteiger partial charge in [-0.25, -0.2) is 9.78 Å². The lowest BCUT2D eigenvalue weighted by Crippen LogP contribution is -2.48. The maximum absolute atomic E-state index is 12.9. The minimum absolute atomic E-state index is 0.0655. The van der Waals surface area contributed by atoms with E-state index in [0.717, 1.165) is 44.1 Å². The highest BCUT2D eigenvalue weighted by molar-refractivity contribution is 5.76. The summed E-state index contributed by atoms with van der Waals surface area (Å²) >= 11 is 0. The Balaban J connectivity index is 1.08. The molecule has 0 spiro atoms. The summed E-state index contributed by atoms with van der Waals surface area (Å²) in [7, 11) is 0. The van der Waals surface area contributed by atoms with Crippen molar-refractivity contribution < 1.29 is 14.7 Å². The van der Waals surface area contributed by atoms with Gasteiger partial charge in [0.1, 0.15) is 5.82 Å². The Morgan fingerprint density at radius 2 is 1.69 bits per heavy atom. The van der Waals surface area contributed by atoms with Crippen molar-refractivity contribution in [2.45, 2.75) is 32.5 Å². The van der Waals surface area contributed by atoms with Crippen molar-refractivity contribution in [2.24, 2.45) is 0 Å². The van der Waals surface area contributed by atoms with Gasteiger partial charge in [0.05, 0.1) is 30.7 Å². The number of hydrogen-bond donors (Lipinski definition) is 1. The van der Waals surface area contributed by atoms with Crippen LogP contribution in [0.15, 0.2) is 36.7 Å². The van der Waals surface area contributed by atoms with E-state index >= 15 is 0 Å². The molecule has 0 radical (unpaired) electrons. The van der Waals surface area contributed by atoms with Crippen LogP contribution in [0.3, 0.4) is 0 Å². The molecule has 3 aliphatic rings. The molecule has 0 aliphatic carbocycles. The first-order valence-corrected chi connectivity index (χ1v) is 12.8. The molecule has 1 N–H and O–H groups in total. The molecule has 192 valence electrons. The SMILES string of the molecule is CC(=O)N1CCN(c2cnc(CN3CCN(CC(O)CN4CCc5ccccc5C4)C3=O)cn2)CC1. The molecular weight excluding hydrogens is 458 g/mol. The predicted molar refractivity (Wildman–Crippen MR) is 135 cm³/mol. The van der Waals surface area contributed by atoms with Crippen molar-refractivity contribution in [2.75, 3.05) is 63.8 Å². The third kappa shape index (κ3) is 5.60. The number of aliphatic hydroxyl groups is 1. The van der Waals surface area contributed by atoms with Crippen LogP contribution >= 0.6 is 0 Å². The fraction of sp³-hybridized carbons (Fsp3) is 0.538. The minimum atomic E-state index is -0.582. The van der Waals surface area contributed by atoms with Gasteiger partial charge in [0.2, 0.25) is 5.91 Å². The number of carbonyl (C=O) groups is 2. The summed E-state index contributed by atoms with van der Waals surface area (Å²) in [5.74, 6) is 0.894. The second kappa shape index (κ2) is 10.8. The van der Waals surface area contributed by atoms with E-state index in [-0.39, 0.29) is 11.9 Å². The average molecular weight is 494 g/mol. The van der Waals surface area contributed by atoms with Gasteiger partial charge in [0.15, 0.2) is 0 Å². The van der Waals surface area contributed by atoms with E-state index in [2.05, 4.69) is 44.0 Å². The van der Waals surface area contributed by atoms with E-state index in [0.29, 0.717) is 45.8 Å². The molecule has 0 saturated carbocycles. The number of carbonyl (C=O) groups excluding carboxylic acids is 2. The van der Waals surface area contributed by atoms with Crippen molar-refractivity contribution in [3.63, 3.8) is 0 Å². The van der Waals surface area contributed by atoms with Gasteiger partial charge >= 0.3 is 6.03 Å². The fourth-order valence-electron chi connectivity index (χ4n) is 5.31. The Morgan fingerprint density at radius 1 is 0.944 bits per heavy atom. The van der Waals surface area contributed by atoms with Crippen LogP contribution in [0.1, 0.15) is 23.7 Å². The number of anilines is 1. The van der Waals surface area contributed by atoms with Crippen LogP contribution in [0.4, 0.5) is 10.6 Å². The first kappa shape index (κ1) is 24.5. The smallest absolute Gasteiger partial charge is 0.320 e. The van der Waals surface area contributed by atoms with Crippen LogP contribution < -0.4 is 4.90 Å². The zero-order chi connectivity index (χ0) is 25.1. The monoisotopic (exact) mass is 493 g/mol. The van der Waals surface area contributed by atoms with Gasteiger partial charge in [-0.1, -0.05) is 24.3 Å². The lowest BCUT2D eigenvalue weighted by Gasteiger charge is -2.34. The Kier molecular flexibility index (Phi) is 7.33. The molecule has 10 heteroatoms. The number of aliphatic hydroxyl groups excluding tert-OH is 1. The molecule has 36 heavy (non-hydrogen) atoms. The summed E-state index contributed by atoms with van der Waals surface area (Å²) in [5, 5.41) is 10.7. The van der Waals surface area contributed by atoms with Gasteiger partial charge in [-0.2, -0.15) is 0 Å². The number of β-amino-alcohol motifs (C(OH)–C–C–N with tert-alkyl or cyclic N) is 1. The zero-order valence-electron chi connectivity index (χ0n) is 20.9. The Bertz CT molecular complexity index is 1070. The molecule has 1 aromatic carbocycles. The van der Waals surface area contributed by atoms with Crippen molar-refractivity contribution in [3.8, 4) is 0 Å². The molecule has 1 unspecified atom stereocenters. The van der Waals surface area contributed by atoms with E-state index in [1.165, 1.54) is 11.1 Å². The number of nitrogens with zero attached hydrogens (tertiary/aromatic N) is 7. The molecule has 3 amide bonds. The fourth-order valence-corrected chi connectivity index (χ4v) is 5.31. The molecule has 10 nitrogen and oxygen atoms in total. The van der Waals surface area contributed by atoms with Gasteiger partial charge in [-0.15, -0.1) is 0 Å². The molecule has 4 heterocycles. The number of hydrogen-bond acceptors (Lipinski definition) is 7.